The summed E-state index contributed by atoms with van der Waals surface area (Å²) in [4.78, 5) is 24.1. The van der Waals surface area contributed by atoms with E-state index in [1.165, 1.54) is 0 Å². The maximum absolute atomic E-state index is 11.7. The first-order valence-electron chi connectivity index (χ1n) is 5.55. The Balaban J connectivity index is 2.26. The third-order valence-electron chi connectivity index (χ3n) is 2.79. The van der Waals surface area contributed by atoms with E-state index in [0.29, 0.717) is 37.5 Å². The quantitative estimate of drug-likeness (QED) is 0.762. The summed E-state index contributed by atoms with van der Waals surface area (Å²) in [6, 6.07) is 0. The van der Waals surface area contributed by atoms with Crippen LogP contribution in [-0.2, 0) is 9.59 Å². The largest absolute Gasteiger partial charge is 0.481 e. The van der Waals surface area contributed by atoms with Crippen molar-refractivity contribution in [2.45, 2.75) is 12.8 Å². The van der Waals surface area contributed by atoms with E-state index in [2.05, 4.69) is 11.9 Å². The zero-order valence-electron chi connectivity index (χ0n) is 9.62. The van der Waals surface area contributed by atoms with E-state index in [9.17, 15) is 9.59 Å². The van der Waals surface area contributed by atoms with Crippen LogP contribution < -0.4 is 5.32 Å². The summed E-state index contributed by atoms with van der Waals surface area (Å²) in [5.41, 5.74) is 0. The summed E-state index contributed by atoms with van der Waals surface area (Å²) in [6.45, 7) is 5.15. The molecule has 0 aromatic carbocycles. The van der Waals surface area contributed by atoms with Gasteiger partial charge in [-0.15, -0.1) is 0 Å². The number of hydrogen-bond acceptors (Lipinski definition) is 3. The van der Waals surface area contributed by atoms with Gasteiger partial charge in [-0.1, -0.05) is 18.2 Å². The minimum atomic E-state index is -0.770. The Morgan fingerprint density at radius 3 is 2.41 bits per heavy atom. The van der Waals surface area contributed by atoms with E-state index in [1.807, 2.05) is 0 Å². The fraction of sp³-hybridized carbons (Fsp3) is 0.636. The number of piperidine rings is 1. The van der Waals surface area contributed by atoms with E-state index in [1.54, 1.807) is 4.90 Å². The highest BCUT2D eigenvalue weighted by Crippen LogP contribution is 2.17. The molecule has 2 N–H and O–H groups in total. The topological polar surface area (TPSA) is 69.6 Å². The number of aliphatic carboxylic acids is 1. The lowest BCUT2D eigenvalue weighted by molar-refractivity contribution is -0.145. The lowest BCUT2D eigenvalue weighted by Crippen LogP contribution is -2.44. The Hall–Kier alpha value is -1.07. The molecule has 17 heavy (non-hydrogen) atoms. The summed E-state index contributed by atoms with van der Waals surface area (Å²) < 4.78 is 0. The average Bonchev–Trinajstić information content (AvgIpc) is 2.28. The monoisotopic (exact) mass is 260 g/mol. The highest BCUT2D eigenvalue weighted by Gasteiger charge is 2.26. The van der Waals surface area contributed by atoms with E-state index in [-0.39, 0.29) is 18.4 Å². The zero-order valence-corrected chi connectivity index (χ0v) is 10.4. The fourth-order valence-electron chi connectivity index (χ4n) is 1.79. The Kier molecular flexibility index (Phi) is 5.44. The van der Waals surface area contributed by atoms with Crippen LogP contribution in [-0.4, -0.2) is 48.1 Å². The number of likely N-dealkylation sites (tertiary alicyclic amines) is 1. The predicted octanol–water partition coefficient (Wildman–Crippen LogP) is 0.652. The molecule has 1 heterocycles. The molecule has 0 aliphatic carbocycles. The molecule has 0 atom stereocenters. The van der Waals surface area contributed by atoms with Gasteiger partial charge in [0, 0.05) is 24.7 Å². The first-order chi connectivity index (χ1) is 8.00. The van der Waals surface area contributed by atoms with Crippen LogP contribution in [0, 0.1) is 5.92 Å². The second-order valence-corrected chi connectivity index (χ2v) is 4.65. The molecule has 1 aliphatic rings. The Morgan fingerprint density at radius 1 is 1.35 bits per heavy atom. The molecule has 5 nitrogen and oxygen atoms in total. The van der Waals surface area contributed by atoms with Crippen molar-refractivity contribution in [1.82, 2.24) is 10.2 Å². The molecular formula is C11H17ClN2O3. The van der Waals surface area contributed by atoms with Gasteiger partial charge >= 0.3 is 5.97 Å². The standard InChI is InChI=1S/C11H17ClN2O3/c1-8(12)6-13-7-10(15)14-4-2-9(3-5-14)11(16)17/h9,13H,1-7H2,(H,16,17). The van der Waals surface area contributed by atoms with Gasteiger partial charge in [0.1, 0.15) is 0 Å². The molecule has 0 spiro atoms. The van der Waals surface area contributed by atoms with Gasteiger partial charge in [0.25, 0.3) is 0 Å². The molecule has 96 valence electrons. The molecular weight excluding hydrogens is 244 g/mol. The Labute approximate surface area is 105 Å². The number of rotatable bonds is 5. The molecule has 0 unspecified atom stereocenters. The molecule has 1 fully saturated rings. The number of carbonyl (C=O) groups is 2. The van der Waals surface area contributed by atoms with Crippen molar-refractivity contribution in [3.8, 4) is 0 Å². The minimum Gasteiger partial charge on any atom is -0.481 e. The predicted molar refractivity (Wildman–Crippen MR) is 64.8 cm³/mol. The Bertz CT molecular complexity index is 312. The SMILES string of the molecule is C=C(Cl)CNCC(=O)N1CCC(C(=O)O)CC1. The lowest BCUT2D eigenvalue weighted by Gasteiger charge is -2.30. The van der Waals surface area contributed by atoms with Gasteiger partial charge in [0.05, 0.1) is 12.5 Å². The molecule has 0 aromatic rings. The van der Waals surface area contributed by atoms with Crippen LogP contribution in [0.15, 0.2) is 11.6 Å². The number of carboxylic acid groups (broad SMARTS) is 1. The third kappa shape index (κ3) is 4.75. The van der Waals surface area contributed by atoms with E-state index in [0.717, 1.165) is 0 Å². The van der Waals surface area contributed by atoms with Crippen molar-refractivity contribution in [3.05, 3.63) is 11.6 Å². The van der Waals surface area contributed by atoms with Gasteiger partial charge in [-0.25, -0.2) is 0 Å². The zero-order chi connectivity index (χ0) is 12.8. The van der Waals surface area contributed by atoms with Crippen molar-refractivity contribution in [1.29, 1.82) is 0 Å². The van der Waals surface area contributed by atoms with Crippen molar-refractivity contribution in [3.63, 3.8) is 0 Å². The molecule has 0 radical (unpaired) electrons. The van der Waals surface area contributed by atoms with Crippen molar-refractivity contribution >= 4 is 23.5 Å². The second-order valence-electron chi connectivity index (χ2n) is 4.11. The van der Waals surface area contributed by atoms with Crippen LogP contribution in [0.2, 0.25) is 0 Å². The van der Waals surface area contributed by atoms with Crippen LogP contribution in [0.5, 0.6) is 0 Å². The van der Waals surface area contributed by atoms with Crippen LogP contribution >= 0.6 is 11.6 Å². The second kappa shape index (κ2) is 6.61. The van der Waals surface area contributed by atoms with Crippen LogP contribution in [0.4, 0.5) is 0 Å². The molecule has 1 aliphatic heterocycles. The normalized spacial score (nSPS) is 16.9. The molecule has 6 heteroatoms. The number of halogens is 1. The van der Waals surface area contributed by atoms with E-state index in [4.69, 9.17) is 16.7 Å². The molecule has 0 aromatic heterocycles. The maximum atomic E-state index is 11.7. The van der Waals surface area contributed by atoms with Gasteiger partial charge in [0.2, 0.25) is 5.91 Å². The van der Waals surface area contributed by atoms with Crippen molar-refractivity contribution < 1.29 is 14.7 Å². The van der Waals surface area contributed by atoms with Gasteiger partial charge < -0.3 is 15.3 Å². The van der Waals surface area contributed by atoms with Crippen molar-refractivity contribution in [2.75, 3.05) is 26.2 Å². The number of hydrogen-bond donors (Lipinski definition) is 2. The molecule has 0 saturated carbocycles. The van der Waals surface area contributed by atoms with Crippen molar-refractivity contribution in [2.24, 2.45) is 5.92 Å². The number of amides is 1. The summed E-state index contributed by atoms with van der Waals surface area (Å²) in [6.07, 6.45) is 1.06. The van der Waals surface area contributed by atoms with E-state index < -0.39 is 5.97 Å². The highest BCUT2D eigenvalue weighted by molar-refractivity contribution is 6.29. The van der Waals surface area contributed by atoms with Gasteiger partial charge in [-0.05, 0) is 12.8 Å². The van der Waals surface area contributed by atoms with E-state index >= 15 is 0 Å². The van der Waals surface area contributed by atoms with Gasteiger partial charge in [-0.3, -0.25) is 9.59 Å². The fourth-order valence-corrected chi connectivity index (χ4v) is 1.89. The minimum absolute atomic E-state index is 0.0215. The number of nitrogens with zero attached hydrogens (tertiary/aromatic N) is 1. The van der Waals surface area contributed by atoms with Crippen LogP contribution in [0.3, 0.4) is 0 Å². The highest BCUT2D eigenvalue weighted by atomic mass is 35.5. The third-order valence-corrected chi connectivity index (χ3v) is 2.92. The summed E-state index contributed by atoms with van der Waals surface area (Å²) in [5.74, 6) is -1.10. The lowest BCUT2D eigenvalue weighted by atomic mass is 9.97. The molecule has 1 amide bonds. The van der Waals surface area contributed by atoms with Gasteiger partial charge in [-0.2, -0.15) is 0 Å². The smallest absolute Gasteiger partial charge is 0.306 e. The molecule has 0 bridgehead atoms. The summed E-state index contributed by atoms with van der Waals surface area (Å²) in [5, 5.41) is 12.2. The van der Waals surface area contributed by atoms with Crippen LogP contribution in [0.1, 0.15) is 12.8 Å². The van der Waals surface area contributed by atoms with Crippen LogP contribution in [0.25, 0.3) is 0 Å². The number of carboxylic acids is 1. The first-order valence-corrected chi connectivity index (χ1v) is 5.93. The molecule has 1 saturated heterocycles. The number of nitrogens with one attached hydrogen (secondary N) is 1. The number of carbonyl (C=O) groups excluding carboxylic acids is 1. The Morgan fingerprint density at radius 2 is 1.94 bits per heavy atom. The first kappa shape index (κ1) is 14.0. The summed E-state index contributed by atoms with van der Waals surface area (Å²) >= 11 is 5.55. The summed E-state index contributed by atoms with van der Waals surface area (Å²) in [7, 11) is 0. The van der Waals surface area contributed by atoms with Gasteiger partial charge in [0.15, 0.2) is 0 Å². The maximum Gasteiger partial charge on any atom is 0.306 e. The molecule has 1 rings (SSSR count). The average molecular weight is 261 g/mol.